The fraction of sp³-hybridized carbons (Fsp3) is 0. The Balaban J connectivity index is 1.02. The second kappa shape index (κ2) is 13.1. The third-order valence-electron chi connectivity index (χ3n) is 11.6. The zero-order valence-corrected chi connectivity index (χ0v) is 32.2. The minimum Gasteiger partial charge on any atom is -0.456 e. The maximum Gasteiger partial charge on any atom is 0.135 e. The SMILES string of the molecule is c1ccc(-c2ccc(N(c3ccc(-c4ccc5oc6ccccc6c5c4)cc3)c3ccc4c5ccccc5n(-c5ccc6sc7ccccc7c6c5)c4c3)cc2)cc1. The Labute approximate surface area is 338 Å². The lowest BCUT2D eigenvalue weighted by Crippen LogP contribution is -2.10. The minimum atomic E-state index is 0.906. The molecule has 0 radical (unpaired) electrons. The van der Waals surface area contributed by atoms with Crippen molar-refractivity contribution in [2.45, 2.75) is 0 Å². The van der Waals surface area contributed by atoms with E-state index in [2.05, 4.69) is 204 Å². The maximum absolute atomic E-state index is 6.14. The summed E-state index contributed by atoms with van der Waals surface area (Å²) in [5, 5.41) is 7.33. The van der Waals surface area contributed by atoms with Gasteiger partial charge >= 0.3 is 0 Å². The lowest BCUT2D eigenvalue weighted by Gasteiger charge is -2.26. The molecule has 3 aromatic heterocycles. The van der Waals surface area contributed by atoms with E-state index in [1.54, 1.807) is 0 Å². The number of fused-ring (bicyclic) bond motifs is 9. The Morgan fingerprint density at radius 3 is 1.74 bits per heavy atom. The van der Waals surface area contributed by atoms with Crippen LogP contribution in [0.5, 0.6) is 0 Å². The third-order valence-corrected chi connectivity index (χ3v) is 12.8. The summed E-state index contributed by atoms with van der Waals surface area (Å²) >= 11 is 1.86. The zero-order valence-electron chi connectivity index (χ0n) is 31.3. The molecule has 0 fully saturated rings. The van der Waals surface area contributed by atoms with E-state index in [-0.39, 0.29) is 0 Å². The number of benzene rings is 9. The Morgan fingerprint density at radius 1 is 0.345 bits per heavy atom. The number of thiophene rings is 1. The molecule has 0 unspecified atom stereocenters. The summed E-state index contributed by atoms with van der Waals surface area (Å²) in [6.45, 7) is 0. The summed E-state index contributed by atoms with van der Waals surface area (Å²) in [5.74, 6) is 0. The first kappa shape index (κ1) is 32.8. The van der Waals surface area contributed by atoms with Gasteiger partial charge in [0.25, 0.3) is 0 Å². The summed E-state index contributed by atoms with van der Waals surface area (Å²) in [4.78, 5) is 2.38. The van der Waals surface area contributed by atoms with Gasteiger partial charge in [-0.3, -0.25) is 0 Å². The number of hydrogen-bond acceptors (Lipinski definition) is 3. The van der Waals surface area contributed by atoms with Crippen LogP contribution in [-0.4, -0.2) is 4.57 Å². The Kier molecular flexibility index (Phi) is 7.40. The van der Waals surface area contributed by atoms with E-state index >= 15 is 0 Å². The number of hydrogen-bond donors (Lipinski definition) is 0. The second-order valence-corrected chi connectivity index (χ2v) is 16.0. The number of rotatable bonds is 6. The van der Waals surface area contributed by atoms with Crippen molar-refractivity contribution in [2.75, 3.05) is 4.90 Å². The lowest BCUT2D eigenvalue weighted by atomic mass is 10.0. The number of anilines is 3. The van der Waals surface area contributed by atoms with Crippen LogP contribution in [0.25, 0.3) is 91.9 Å². The summed E-state index contributed by atoms with van der Waals surface area (Å²) < 4.78 is 11.2. The van der Waals surface area contributed by atoms with Crippen LogP contribution in [0, 0.1) is 0 Å². The molecule has 9 aromatic carbocycles. The smallest absolute Gasteiger partial charge is 0.135 e. The average molecular weight is 759 g/mol. The van der Waals surface area contributed by atoms with Gasteiger partial charge in [-0.1, -0.05) is 121 Å². The van der Waals surface area contributed by atoms with Gasteiger partial charge in [0.15, 0.2) is 0 Å². The summed E-state index contributed by atoms with van der Waals surface area (Å²) in [5.41, 5.74) is 13.3. The summed E-state index contributed by atoms with van der Waals surface area (Å²) in [6.07, 6.45) is 0. The second-order valence-electron chi connectivity index (χ2n) is 14.9. The molecule has 0 atom stereocenters. The first-order valence-corrected chi connectivity index (χ1v) is 20.5. The van der Waals surface area contributed by atoms with Crippen molar-refractivity contribution in [2.24, 2.45) is 0 Å². The number of para-hydroxylation sites is 2. The van der Waals surface area contributed by atoms with Crippen LogP contribution >= 0.6 is 11.3 Å². The lowest BCUT2D eigenvalue weighted by molar-refractivity contribution is 0.669. The highest BCUT2D eigenvalue weighted by Crippen LogP contribution is 2.42. The molecule has 0 saturated heterocycles. The molecule has 58 heavy (non-hydrogen) atoms. The predicted octanol–water partition coefficient (Wildman–Crippen LogP) is 15.9. The van der Waals surface area contributed by atoms with Crippen molar-refractivity contribution < 1.29 is 4.42 Å². The van der Waals surface area contributed by atoms with Crippen LogP contribution in [0.15, 0.2) is 211 Å². The van der Waals surface area contributed by atoms with Gasteiger partial charge in [-0.2, -0.15) is 0 Å². The van der Waals surface area contributed by atoms with Gasteiger partial charge in [-0.25, -0.2) is 0 Å². The van der Waals surface area contributed by atoms with Gasteiger partial charge in [0.1, 0.15) is 11.2 Å². The van der Waals surface area contributed by atoms with E-state index in [1.807, 2.05) is 23.5 Å². The normalized spacial score (nSPS) is 11.8. The van der Waals surface area contributed by atoms with Crippen LogP contribution in [-0.2, 0) is 0 Å². The van der Waals surface area contributed by atoms with Crippen molar-refractivity contribution in [1.29, 1.82) is 0 Å². The Bertz CT molecular complexity index is 3500. The van der Waals surface area contributed by atoms with Crippen LogP contribution in [0.1, 0.15) is 0 Å². The topological polar surface area (TPSA) is 21.3 Å². The summed E-state index contributed by atoms with van der Waals surface area (Å²) in [6, 6.07) is 74.6. The molecule has 0 aliphatic heterocycles. The molecule has 272 valence electrons. The van der Waals surface area contributed by atoms with Crippen LogP contribution in [0.4, 0.5) is 17.1 Å². The maximum atomic E-state index is 6.14. The Morgan fingerprint density at radius 2 is 0.931 bits per heavy atom. The molecule has 0 spiro atoms. The average Bonchev–Trinajstić information content (AvgIpc) is 3.96. The zero-order chi connectivity index (χ0) is 38.2. The largest absolute Gasteiger partial charge is 0.456 e. The highest BCUT2D eigenvalue weighted by molar-refractivity contribution is 7.25. The fourth-order valence-corrected chi connectivity index (χ4v) is 9.91. The van der Waals surface area contributed by atoms with Crippen molar-refractivity contribution in [3.05, 3.63) is 206 Å². The molecule has 0 aliphatic rings. The molecule has 0 N–H and O–H groups in total. The van der Waals surface area contributed by atoms with E-state index < -0.39 is 0 Å². The van der Waals surface area contributed by atoms with Gasteiger partial charge in [0, 0.05) is 64.5 Å². The van der Waals surface area contributed by atoms with Gasteiger partial charge < -0.3 is 13.9 Å². The molecule has 12 rings (SSSR count). The van der Waals surface area contributed by atoms with Crippen molar-refractivity contribution >= 4 is 92.3 Å². The van der Waals surface area contributed by atoms with Gasteiger partial charge in [-0.05, 0) is 107 Å². The molecule has 4 heteroatoms. The highest BCUT2D eigenvalue weighted by atomic mass is 32.1. The first-order chi connectivity index (χ1) is 28.7. The van der Waals surface area contributed by atoms with E-state index in [4.69, 9.17) is 4.42 Å². The summed E-state index contributed by atoms with van der Waals surface area (Å²) in [7, 11) is 0. The Hall–Kier alpha value is -7.40. The molecule has 3 nitrogen and oxygen atoms in total. The molecule has 3 heterocycles. The van der Waals surface area contributed by atoms with E-state index in [1.165, 1.54) is 53.1 Å². The number of nitrogens with zero attached hydrogens (tertiary/aromatic N) is 2. The molecule has 12 aromatic rings. The minimum absolute atomic E-state index is 0.906. The van der Waals surface area contributed by atoms with Crippen LogP contribution in [0.2, 0.25) is 0 Å². The monoisotopic (exact) mass is 758 g/mol. The van der Waals surface area contributed by atoms with Gasteiger partial charge in [0.05, 0.1) is 11.0 Å². The molecule has 0 amide bonds. The quantitative estimate of drug-likeness (QED) is 0.168. The third kappa shape index (κ3) is 5.27. The van der Waals surface area contributed by atoms with Crippen molar-refractivity contribution in [3.8, 4) is 27.9 Å². The van der Waals surface area contributed by atoms with Crippen LogP contribution < -0.4 is 4.90 Å². The number of furan rings is 1. The predicted molar refractivity (Wildman–Crippen MR) is 247 cm³/mol. The standard InChI is InChI=1S/C54H34N2OS/c1-2-10-35(11-3-1)36-18-23-39(24-19-36)55(40-25-20-37(21-26-40)38-22-30-52-47(32-38)45-13-5-8-16-51(45)57-52)42-27-29-44-43-12-4-7-15-49(43)56(50(44)34-42)41-28-31-54-48(33-41)46-14-6-9-17-53(46)58-54/h1-34H. The van der Waals surface area contributed by atoms with E-state index in [9.17, 15) is 0 Å². The van der Waals surface area contributed by atoms with Crippen LogP contribution in [0.3, 0.4) is 0 Å². The van der Waals surface area contributed by atoms with E-state index in [0.717, 1.165) is 55.8 Å². The highest BCUT2D eigenvalue weighted by Gasteiger charge is 2.19. The van der Waals surface area contributed by atoms with E-state index in [0.29, 0.717) is 0 Å². The first-order valence-electron chi connectivity index (χ1n) is 19.7. The number of aromatic nitrogens is 1. The molecular formula is C54H34N2OS. The van der Waals surface area contributed by atoms with Gasteiger partial charge in [-0.15, -0.1) is 11.3 Å². The molecular weight excluding hydrogens is 725 g/mol. The molecule has 0 aliphatic carbocycles. The molecule has 0 saturated carbocycles. The fourth-order valence-electron chi connectivity index (χ4n) is 8.82. The van der Waals surface area contributed by atoms with Crippen molar-refractivity contribution in [1.82, 2.24) is 4.57 Å². The van der Waals surface area contributed by atoms with Crippen molar-refractivity contribution in [3.63, 3.8) is 0 Å². The molecule has 0 bridgehead atoms. The van der Waals surface area contributed by atoms with Gasteiger partial charge in [0.2, 0.25) is 0 Å².